The summed E-state index contributed by atoms with van der Waals surface area (Å²) in [5, 5.41) is 2.95. The summed E-state index contributed by atoms with van der Waals surface area (Å²) in [6.45, 7) is 1.85. The molecule has 230 valence electrons. The summed E-state index contributed by atoms with van der Waals surface area (Å²) in [4.78, 5) is 29.5. The maximum atomic E-state index is 14.4. The molecule has 0 aliphatic heterocycles. The number of halogens is 2. The summed E-state index contributed by atoms with van der Waals surface area (Å²) in [5.41, 5.74) is 1.71. The first kappa shape index (κ1) is 32.9. The number of unbranched alkanes of at least 4 members (excludes halogenated alkanes) is 1. The number of carbonyl (C=O) groups excluding carboxylic acids is 2. The van der Waals surface area contributed by atoms with E-state index >= 15 is 0 Å². The molecule has 0 spiro atoms. The van der Waals surface area contributed by atoms with Crippen LogP contribution in [0.15, 0.2) is 119 Å². The summed E-state index contributed by atoms with van der Waals surface area (Å²) >= 11 is 3.41. The van der Waals surface area contributed by atoms with Crippen LogP contribution in [0.2, 0.25) is 0 Å². The van der Waals surface area contributed by atoms with Gasteiger partial charge in [0.1, 0.15) is 18.4 Å². The third kappa shape index (κ3) is 8.76. The first-order valence-corrected chi connectivity index (χ1v) is 16.6. The number of hydrogen-bond acceptors (Lipinski definition) is 4. The Bertz CT molecular complexity index is 1640. The van der Waals surface area contributed by atoms with Crippen LogP contribution in [-0.4, -0.2) is 44.3 Å². The van der Waals surface area contributed by atoms with E-state index in [1.807, 2.05) is 37.3 Å². The van der Waals surface area contributed by atoms with Crippen molar-refractivity contribution in [1.29, 1.82) is 0 Å². The van der Waals surface area contributed by atoms with Gasteiger partial charge in [-0.2, -0.15) is 0 Å². The fourth-order valence-electron chi connectivity index (χ4n) is 4.73. The zero-order valence-electron chi connectivity index (χ0n) is 24.4. The third-order valence-electron chi connectivity index (χ3n) is 7.07. The molecule has 0 fully saturated rings. The van der Waals surface area contributed by atoms with Crippen LogP contribution in [0.25, 0.3) is 0 Å². The highest BCUT2D eigenvalue weighted by Crippen LogP contribution is 2.27. The van der Waals surface area contributed by atoms with E-state index in [-0.39, 0.29) is 29.5 Å². The predicted octanol–water partition coefficient (Wildman–Crippen LogP) is 6.34. The van der Waals surface area contributed by atoms with Crippen molar-refractivity contribution < 1.29 is 22.4 Å². The number of rotatable bonds is 14. The number of benzene rings is 4. The molecule has 7 nitrogen and oxygen atoms in total. The van der Waals surface area contributed by atoms with Crippen molar-refractivity contribution in [2.24, 2.45) is 0 Å². The number of amides is 2. The Kier molecular flexibility index (Phi) is 11.7. The zero-order chi connectivity index (χ0) is 31.5. The van der Waals surface area contributed by atoms with E-state index in [2.05, 4.69) is 21.2 Å². The average molecular weight is 681 g/mol. The lowest BCUT2D eigenvalue weighted by Crippen LogP contribution is -2.53. The van der Waals surface area contributed by atoms with Gasteiger partial charge in [-0.1, -0.05) is 96.0 Å². The van der Waals surface area contributed by atoms with Gasteiger partial charge in [0.2, 0.25) is 11.8 Å². The van der Waals surface area contributed by atoms with E-state index in [9.17, 15) is 22.4 Å². The lowest BCUT2D eigenvalue weighted by Gasteiger charge is -2.34. The molecule has 2 amide bonds. The van der Waals surface area contributed by atoms with Gasteiger partial charge in [0.05, 0.1) is 10.6 Å². The van der Waals surface area contributed by atoms with Gasteiger partial charge in [-0.05, 0) is 60.0 Å². The van der Waals surface area contributed by atoms with Crippen LogP contribution in [0.4, 0.5) is 10.1 Å². The number of sulfonamides is 1. The normalized spacial score (nSPS) is 11.9. The van der Waals surface area contributed by atoms with Gasteiger partial charge >= 0.3 is 0 Å². The Morgan fingerprint density at radius 1 is 0.864 bits per heavy atom. The minimum Gasteiger partial charge on any atom is -0.354 e. The van der Waals surface area contributed by atoms with Gasteiger partial charge in [-0.15, -0.1) is 0 Å². The van der Waals surface area contributed by atoms with Gasteiger partial charge in [0.15, 0.2) is 0 Å². The minimum atomic E-state index is -4.19. The van der Waals surface area contributed by atoms with E-state index in [0.29, 0.717) is 16.6 Å². The first-order valence-electron chi connectivity index (χ1n) is 14.4. The van der Waals surface area contributed by atoms with Crippen molar-refractivity contribution in [2.75, 3.05) is 17.4 Å². The molecule has 1 unspecified atom stereocenters. The molecule has 0 aliphatic rings. The van der Waals surface area contributed by atoms with Gasteiger partial charge in [0, 0.05) is 24.0 Å². The molecular formula is C34H35BrFN3O4S. The molecule has 4 aromatic carbocycles. The van der Waals surface area contributed by atoms with Crippen LogP contribution in [0.3, 0.4) is 0 Å². The van der Waals surface area contributed by atoms with Crippen molar-refractivity contribution >= 4 is 43.5 Å². The lowest BCUT2D eigenvalue weighted by atomic mass is 10.0. The van der Waals surface area contributed by atoms with Crippen molar-refractivity contribution in [1.82, 2.24) is 10.2 Å². The molecule has 0 saturated carbocycles. The Labute approximate surface area is 266 Å². The molecule has 1 N–H and O–H groups in total. The van der Waals surface area contributed by atoms with E-state index < -0.39 is 34.3 Å². The molecular weight excluding hydrogens is 645 g/mol. The van der Waals surface area contributed by atoms with Crippen molar-refractivity contribution in [2.45, 2.75) is 43.7 Å². The monoisotopic (exact) mass is 679 g/mol. The van der Waals surface area contributed by atoms with E-state index in [4.69, 9.17) is 0 Å². The topological polar surface area (TPSA) is 86.8 Å². The Morgan fingerprint density at radius 2 is 1.52 bits per heavy atom. The second kappa shape index (κ2) is 15.6. The lowest BCUT2D eigenvalue weighted by molar-refractivity contribution is -0.140. The highest BCUT2D eigenvalue weighted by molar-refractivity contribution is 9.10. The number of carbonyl (C=O) groups is 2. The van der Waals surface area contributed by atoms with Crippen molar-refractivity contribution in [3.63, 3.8) is 0 Å². The number of nitrogens with zero attached hydrogens (tertiary/aromatic N) is 2. The first-order chi connectivity index (χ1) is 21.2. The molecule has 4 rings (SSSR count). The highest BCUT2D eigenvalue weighted by Gasteiger charge is 2.34. The molecule has 0 radical (unpaired) electrons. The largest absolute Gasteiger partial charge is 0.354 e. The van der Waals surface area contributed by atoms with Gasteiger partial charge < -0.3 is 10.2 Å². The molecule has 44 heavy (non-hydrogen) atoms. The maximum absolute atomic E-state index is 14.4. The number of hydrogen-bond donors (Lipinski definition) is 1. The van der Waals surface area contributed by atoms with Crippen LogP contribution >= 0.6 is 15.9 Å². The summed E-state index contributed by atoms with van der Waals surface area (Å²) in [6.07, 6.45) is 1.84. The molecule has 0 bridgehead atoms. The average Bonchev–Trinajstić information content (AvgIpc) is 3.03. The fraction of sp³-hybridized carbons (Fsp3) is 0.235. The molecule has 10 heteroatoms. The SMILES string of the molecule is CCCCNC(=O)C(Cc1ccccc1)N(Cc1ccc(F)cc1)C(=O)CN(c1cccc(Br)c1)S(=O)(=O)c1ccccc1. The second-order valence-corrected chi connectivity index (χ2v) is 13.1. The Morgan fingerprint density at radius 3 is 2.16 bits per heavy atom. The highest BCUT2D eigenvalue weighted by atomic mass is 79.9. The van der Waals surface area contributed by atoms with Gasteiger partial charge in [0.25, 0.3) is 10.0 Å². The second-order valence-electron chi connectivity index (χ2n) is 10.3. The number of anilines is 1. The number of nitrogens with one attached hydrogen (secondary N) is 1. The third-order valence-corrected chi connectivity index (χ3v) is 9.35. The van der Waals surface area contributed by atoms with Crippen LogP contribution in [-0.2, 0) is 32.6 Å². The van der Waals surface area contributed by atoms with Gasteiger partial charge in [-0.25, -0.2) is 12.8 Å². The molecule has 0 aromatic heterocycles. The van der Waals surface area contributed by atoms with Crippen LogP contribution < -0.4 is 9.62 Å². The zero-order valence-corrected chi connectivity index (χ0v) is 26.8. The molecule has 0 saturated heterocycles. The van der Waals surface area contributed by atoms with Crippen molar-refractivity contribution in [3.05, 3.63) is 131 Å². The molecule has 0 aliphatic carbocycles. The van der Waals surface area contributed by atoms with Crippen LogP contribution in [0, 0.1) is 5.82 Å². The Balaban J connectivity index is 1.78. The van der Waals surface area contributed by atoms with E-state index in [1.54, 1.807) is 54.6 Å². The molecule has 0 heterocycles. The van der Waals surface area contributed by atoms with Crippen LogP contribution in [0.5, 0.6) is 0 Å². The fourth-order valence-corrected chi connectivity index (χ4v) is 6.54. The Hall–Kier alpha value is -4.02. The van der Waals surface area contributed by atoms with Crippen molar-refractivity contribution in [3.8, 4) is 0 Å². The summed E-state index contributed by atoms with van der Waals surface area (Å²) in [5.74, 6) is -1.36. The molecule has 4 aromatic rings. The maximum Gasteiger partial charge on any atom is 0.264 e. The van der Waals surface area contributed by atoms with E-state index in [0.717, 1.165) is 22.7 Å². The summed E-state index contributed by atoms with van der Waals surface area (Å²) in [6, 6.07) is 28.6. The summed E-state index contributed by atoms with van der Waals surface area (Å²) < 4.78 is 43.5. The predicted molar refractivity (Wildman–Crippen MR) is 174 cm³/mol. The minimum absolute atomic E-state index is 0.0241. The smallest absolute Gasteiger partial charge is 0.264 e. The van der Waals surface area contributed by atoms with Crippen LogP contribution in [0.1, 0.15) is 30.9 Å². The van der Waals surface area contributed by atoms with E-state index in [1.165, 1.54) is 29.2 Å². The molecule has 1 atom stereocenters. The standard InChI is InChI=1S/C34H35BrFN3O4S/c1-2-3-21-37-34(41)32(22-26-11-6-4-7-12-26)38(24-27-17-19-29(36)20-18-27)33(40)25-39(30-14-10-13-28(35)23-30)44(42,43)31-15-8-5-9-16-31/h4-20,23,32H,2-3,21-22,24-25H2,1H3,(H,37,41). The quantitative estimate of drug-likeness (QED) is 0.158. The van der Waals surface area contributed by atoms with Gasteiger partial charge in [-0.3, -0.25) is 13.9 Å². The summed E-state index contributed by atoms with van der Waals surface area (Å²) in [7, 11) is -4.19.